The van der Waals surface area contributed by atoms with Crippen LogP contribution in [0.3, 0.4) is 0 Å². The number of hydrogen-bond acceptors (Lipinski definition) is 5. The van der Waals surface area contributed by atoms with Gasteiger partial charge in [-0.05, 0) is 67.5 Å². The minimum Gasteiger partial charge on any atom is -0.342 e. The summed E-state index contributed by atoms with van der Waals surface area (Å²) in [5, 5.41) is 5.07. The second kappa shape index (κ2) is 8.90. The van der Waals surface area contributed by atoms with E-state index in [1.165, 1.54) is 4.90 Å². The molecule has 2 saturated heterocycles. The summed E-state index contributed by atoms with van der Waals surface area (Å²) in [4.78, 5) is 49.3. The van der Waals surface area contributed by atoms with Crippen molar-refractivity contribution in [1.82, 2.24) is 20.1 Å². The van der Waals surface area contributed by atoms with Gasteiger partial charge >= 0.3 is 6.03 Å². The molecule has 8 heteroatoms. The average molecular weight is 491 g/mol. The van der Waals surface area contributed by atoms with Crippen molar-refractivity contribution in [3.63, 3.8) is 0 Å². The molecule has 1 N–H and O–H groups in total. The summed E-state index contributed by atoms with van der Waals surface area (Å²) >= 11 is 1.63. The lowest BCUT2D eigenvalue weighted by Gasteiger charge is -2.41. The third-order valence-electron chi connectivity index (χ3n) is 8.38. The molecular formula is C27H30N4O3S. The van der Waals surface area contributed by atoms with Gasteiger partial charge in [0, 0.05) is 42.5 Å². The summed E-state index contributed by atoms with van der Waals surface area (Å²) in [6.45, 7) is 1.55. The van der Waals surface area contributed by atoms with Gasteiger partial charge in [0.25, 0.3) is 5.91 Å². The lowest BCUT2D eigenvalue weighted by Crippen LogP contribution is -2.55. The maximum Gasteiger partial charge on any atom is 0.325 e. The molecule has 182 valence electrons. The number of imide groups is 1. The smallest absolute Gasteiger partial charge is 0.325 e. The first-order chi connectivity index (χ1) is 17.1. The van der Waals surface area contributed by atoms with E-state index < -0.39 is 5.54 Å². The number of hydrogen-bond donors (Lipinski definition) is 1. The average Bonchev–Trinajstić information content (AvgIpc) is 3.69. The summed E-state index contributed by atoms with van der Waals surface area (Å²) in [5.74, 6) is 0.965. The Morgan fingerprint density at radius 3 is 2.63 bits per heavy atom. The minimum atomic E-state index is -1.18. The maximum absolute atomic E-state index is 13.9. The van der Waals surface area contributed by atoms with Crippen LogP contribution in [0.5, 0.6) is 0 Å². The molecule has 0 radical (unpaired) electrons. The second-order valence-corrected chi connectivity index (χ2v) is 11.3. The molecule has 2 aromatic rings. The van der Waals surface area contributed by atoms with Gasteiger partial charge in [0.05, 0.1) is 5.69 Å². The molecule has 6 rings (SSSR count). The first kappa shape index (κ1) is 22.5. The molecule has 1 saturated carbocycles. The summed E-state index contributed by atoms with van der Waals surface area (Å²) in [6.07, 6.45) is 10.2. The highest BCUT2D eigenvalue weighted by atomic mass is 32.1. The number of piperidine rings is 1. The molecule has 3 fully saturated rings. The fraction of sp³-hybridized carbons (Fsp3) is 0.481. The molecule has 0 spiro atoms. The van der Waals surface area contributed by atoms with Gasteiger partial charge in [-0.1, -0.05) is 24.3 Å². The molecule has 1 unspecified atom stereocenters. The van der Waals surface area contributed by atoms with Gasteiger partial charge in [-0.25, -0.2) is 4.79 Å². The van der Waals surface area contributed by atoms with Gasteiger partial charge in [0.2, 0.25) is 5.91 Å². The molecule has 7 nitrogen and oxygen atoms in total. The van der Waals surface area contributed by atoms with Crippen molar-refractivity contribution in [2.24, 2.45) is 23.7 Å². The van der Waals surface area contributed by atoms with Crippen molar-refractivity contribution in [2.45, 2.75) is 37.6 Å². The number of thiophene rings is 1. The fourth-order valence-electron chi connectivity index (χ4n) is 6.56. The van der Waals surface area contributed by atoms with Gasteiger partial charge < -0.3 is 10.2 Å². The molecule has 4 aliphatic rings. The number of allylic oxidation sites excluding steroid dienone is 2. The highest BCUT2D eigenvalue weighted by Crippen LogP contribution is 2.45. The summed E-state index contributed by atoms with van der Waals surface area (Å²) < 4.78 is 0. The van der Waals surface area contributed by atoms with Crippen molar-refractivity contribution in [1.29, 1.82) is 0 Å². The van der Waals surface area contributed by atoms with E-state index in [1.807, 2.05) is 40.6 Å². The number of fused-ring (bicyclic) bond motifs is 2. The topological polar surface area (TPSA) is 82.6 Å². The van der Waals surface area contributed by atoms with E-state index in [4.69, 9.17) is 0 Å². The number of carbonyl (C=O) groups excluding carboxylic acids is 3. The zero-order valence-electron chi connectivity index (χ0n) is 19.6. The Kier molecular flexibility index (Phi) is 5.71. The van der Waals surface area contributed by atoms with Crippen LogP contribution in [0, 0.1) is 23.7 Å². The summed E-state index contributed by atoms with van der Waals surface area (Å²) in [5.41, 5.74) is -0.599. The quantitative estimate of drug-likeness (QED) is 0.496. The van der Waals surface area contributed by atoms with Crippen molar-refractivity contribution in [2.75, 3.05) is 19.6 Å². The number of amides is 4. The molecular weight excluding hydrogens is 460 g/mol. The van der Waals surface area contributed by atoms with E-state index in [-0.39, 0.29) is 29.7 Å². The Morgan fingerprint density at radius 2 is 1.97 bits per heavy atom. The van der Waals surface area contributed by atoms with Crippen molar-refractivity contribution in [3.05, 3.63) is 64.6 Å². The van der Waals surface area contributed by atoms with Crippen LogP contribution in [-0.4, -0.2) is 52.3 Å². The highest BCUT2D eigenvalue weighted by molar-refractivity contribution is 7.09. The fourth-order valence-corrected chi connectivity index (χ4v) is 7.26. The number of nitrogens with one attached hydrogen (secondary N) is 1. The van der Waals surface area contributed by atoms with Crippen LogP contribution >= 0.6 is 11.3 Å². The lowest BCUT2D eigenvalue weighted by molar-refractivity contribution is -0.139. The molecule has 35 heavy (non-hydrogen) atoms. The van der Waals surface area contributed by atoms with E-state index in [0.717, 1.165) is 17.7 Å². The van der Waals surface area contributed by atoms with Gasteiger partial charge in [-0.2, -0.15) is 0 Å². The Hall–Kier alpha value is -3.00. The van der Waals surface area contributed by atoms with E-state index in [2.05, 4.69) is 22.5 Å². The maximum atomic E-state index is 13.9. The van der Waals surface area contributed by atoms with Crippen LogP contribution in [0.2, 0.25) is 0 Å². The van der Waals surface area contributed by atoms with E-state index in [1.54, 1.807) is 17.5 Å². The number of aromatic nitrogens is 1. The van der Waals surface area contributed by atoms with Crippen molar-refractivity contribution < 1.29 is 14.4 Å². The van der Waals surface area contributed by atoms with Crippen LogP contribution < -0.4 is 5.32 Å². The Bertz CT molecular complexity index is 1140. The number of nitrogens with zero attached hydrogens (tertiary/aromatic N) is 3. The van der Waals surface area contributed by atoms with E-state index in [9.17, 15) is 14.4 Å². The predicted octanol–water partition coefficient (Wildman–Crippen LogP) is 3.58. The standard InChI is InChI=1S/C27H30N4O3S/c32-24(22-17-18-6-7-19(22)16-18)30-12-8-20(9-13-30)27(23-5-1-2-11-28-23)25(33)31(26(34)29-27)14-10-21-4-3-15-35-21/h1-7,11,15,18-20,22H,8-10,12-14,16-17H2,(H,29,34)/t18-,19+,22+,27?/m1/s1. The summed E-state index contributed by atoms with van der Waals surface area (Å²) in [7, 11) is 0. The van der Waals surface area contributed by atoms with Crippen LogP contribution in [-0.2, 0) is 21.5 Å². The van der Waals surface area contributed by atoms with Crippen LogP contribution in [0.15, 0.2) is 54.1 Å². The number of pyridine rings is 1. The molecule has 4 atom stereocenters. The van der Waals surface area contributed by atoms with Crippen LogP contribution in [0.25, 0.3) is 0 Å². The largest absolute Gasteiger partial charge is 0.342 e. The first-order valence-corrected chi connectivity index (χ1v) is 13.5. The van der Waals surface area contributed by atoms with E-state index >= 15 is 0 Å². The molecule has 2 bridgehead atoms. The molecule has 2 aromatic heterocycles. The SMILES string of the molecule is O=C([C@H]1C[C@@H]2C=C[C@H]1C2)N1CCC(C2(c3ccccn3)NC(=O)N(CCc3cccs3)C2=O)CC1. The number of rotatable bonds is 6. The van der Waals surface area contributed by atoms with Gasteiger partial charge in [0.15, 0.2) is 5.54 Å². The van der Waals surface area contributed by atoms with Crippen LogP contribution in [0.1, 0.15) is 36.3 Å². The number of likely N-dealkylation sites (tertiary alicyclic amines) is 1. The monoisotopic (exact) mass is 490 g/mol. The molecule has 4 amide bonds. The zero-order valence-corrected chi connectivity index (χ0v) is 20.5. The zero-order chi connectivity index (χ0) is 24.0. The second-order valence-electron chi connectivity index (χ2n) is 10.2. The molecule has 4 heterocycles. The Labute approximate surface area is 209 Å². The number of carbonyl (C=O) groups is 3. The normalized spacial score (nSPS) is 30.3. The van der Waals surface area contributed by atoms with Crippen molar-refractivity contribution in [3.8, 4) is 0 Å². The Balaban J connectivity index is 1.21. The summed E-state index contributed by atoms with van der Waals surface area (Å²) in [6, 6.07) is 9.15. The van der Waals surface area contributed by atoms with Gasteiger partial charge in [0.1, 0.15) is 0 Å². The lowest BCUT2D eigenvalue weighted by atomic mass is 9.74. The number of urea groups is 1. The third kappa shape index (κ3) is 3.78. The Morgan fingerprint density at radius 1 is 1.11 bits per heavy atom. The predicted molar refractivity (Wildman–Crippen MR) is 132 cm³/mol. The van der Waals surface area contributed by atoms with Gasteiger partial charge in [-0.15, -0.1) is 11.3 Å². The molecule has 0 aromatic carbocycles. The highest BCUT2D eigenvalue weighted by Gasteiger charge is 2.58. The minimum absolute atomic E-state index is 0.104. The van der Waals surface area contributed by atoms with E-state index in [0.29, 0.717) is 56.4 Å². The molecule has 2 aliphatic heterocycles. The third-order valence-corrected chi connectivity index (χ3v) is 9.31. The van der Waals surface area contributed by atoms with Crippen molar-refractivity contribution >= 4 is 29.2 Å². The first-order valence-electron chi connectivity index (χ1n) is 12.6. The van der Waals surface area contributed by atoms with Crippen LogP contribution in [0.4, 0.5) is 4.79 Å². The van der Waals surface area contributed by atoms with Gasteiger partial charge in [-0.3, -0.25) is 19.5 Å². The molecule has 2 aliphatic carbocycles.